The lowest BCUT2D eigenvalue weighted by Crippen LogP contribution is -2.34. The van der Waals surface area contributed by atoms with Crippen LogP contribution in [0.4, 0.5) is 8.78 Å². The number of benzene rings is 2. The molecule has 10 heteroatoms. The monoisotopic (exact) mass is 505 g/mol. The van der Waals surface area contributed by atoms with Gasteiger partial charge in [0.05, 0.1) is 23.7 Å². The minimum atomic E-state index is -2.96. The largest absolute Gasteiger partial charge is 0.434 e. The first-order chi connectivity index (χ1) is 17.7. The zero-order valence-corrected chi connectivity index (χ0v) is 20.3. The quantitative estimate of drug-likeness (QED) is 0.416. The summed E-state index contributed by atoms with van der Waals surface area (Å²) in [7, 11) is 0. The molecular weight excluding hydrogens is 480 g/mol. The van der Waals surface area contributed by atoms with Crippen molar-refractivity contribution in [1.29, 1.82) is 0 Å². The van der Waals surface area contributed by atoms with Crippen LogP contribution in [0.1, 0.15) is 38.0 Å². The molecule has 2 aromatic carbocycles. The van der Waals surface area contributed by atoms with Crippen LogP contribution in [-0.4, -0.2) is 54.4 Å². The van der Waals surface area contributed by atoms with Crippen LogP contribution in [0, 0.1) is 0 Å². The molecule has 37 heavy (non-hydrogen) atoms. The highest BCUT2D eigenvalue weighted by Gasteiger charge is 2.36. The predicted molar refractivity (Wildman–Crippen MR) is 133 cm³/mol. The second-order valence-corrected chi connectivity index (χ2v) is 9.72. The van der Waals surface area contributed by atoms with E-state index in [0.29, 0.717) is 24.0 Å². The van der Waals surface area contributed by atoms with E-state index in [2.05, 4.69) is 9.97 Å². The van der Waals surface area contributed by atoms with Crippen LogP contribution in [0.5, 0.6) is 5.75 Å². The first-order valence-electron chi connectivity index (χ1n) is 12.0. The molecule has 2 bridgehead atoms. The summed E-state index contributed by atoms with van der Waals surface area (Å²) in [6.07, 6.45) is 5.75. The molecule has 0 amide bonds. The Hall–Kier alpha value is -3.89. The van der Waals surface area contributed by atoms with Crippen molar-refractivity contribution < 1.29 is 23.7 Å². The molecule has 2 N–H and O–H groups in total. The Bertz CT molecular complexity index is 1630. The summed E-state index contributed by atoms with van der Waals surface area (Å²) in [4.78, 5) is 15.5. The number of ether oxygens (including phenoxy) is 1. The minimum Gasteiger partial charge on any atom is -0.434 e. The molecule has 4 aromatic rings. The van der Waals surface area contributed by atoms with Crippen molar-refractivity contribution in [3.63, 3.8) is 0 Å². The third kappa shape index (κ3) is 3.93. The Morgan fingerprint density at radius 2 is 1.92 bits per heavy atom. The van der Waals surface area contributed by atoms with Gasteiger partial charge in [0.2, 0.25) is 0 Å². The highest BCUT2D eigenvalue weighted by Crippen LogP contribution is 2.41. The summed E-state index contributed by atoms with van der Waals surface area (Å²) in [6, 6.07) is 10.7. The molecule has 6 rings (SSSR count). The van der Waals surface area contributed by atoms with Crippen LogP contribution in [0.15, 0.2) is 48.8 Å². The molecule has 2 aliphatic rings. The Kier molecular flexibility index (Phi) is 5.46. The van der Waals surface area contributed by atoms with Crippen molar-refractivity contribution in [3.8, 4) is 16.9 Å². The van der Waals surface area contributed by atoms with Gasteiger partial charge in [-0.25, -0.2) is 15.0 Å². The molecule has 0 unspecified atom stereocenters. The average molecular weight is 506 g/mol. The number of hydrogen-bond acceptors (Lipinski definition) is 7. The fourth-order valence-corrected chi connectivity index (χ4v) is 5.18. The highest BCUT2D eigenvalue weighted by atomic mass is 19.3. The zero-order valence-electron chi connectivity index (χ0n) is 20.3. The molecular formula is C27H25F2N5O3. The summed E-state index contributed by atoms with van der Waals surface area (Å²) in [5.74, 6) is 1.20. The van der Waals surface area contributed by atoms with Crippen molar-refractivity contribution in [2.45, 2.75) is 38.5 Å². The smallest absolute Gasteiger partial charge is 0.387 e. The number of imidazole rings is 1. The molecule has 0 saturated carbocycles. The third-order valence-electron chi connectivity index (χ3n) is 6.79. The lowest BCUT2D eigenvalue weighted by Gasteiger charge is -2.25. The van der Waals surface area contributed by atoms with Gasteiger partial charge in [-0.15, -0.1) is 0 Å². The van der Waals surface area contributed by atoms with E-state index in [1.165, 1.54) is 0 Å². The lowest BCUT2D eigenvalue weighted by molar-refractivity contribution is -0.0505. The summed E-state index contributed by atoms with van der Waals surface area (Å²) in [5.41, 5.74) is 2.87. The average Bonchev–Trinajstić information content (AvgIpc) is 3.34. The van der Waals surface area contributed by atoms with E-state index in [9.17, 15) is 19.0 Å². The van der Waals surface area contributed by atoms with E-state index >= 15 is 0 Å². The molecule has 0 radical (unpaired) electrons. The van der Waals surface area contributed by atoms with Gasteiger partial charge in [0, 0.05) is 53.3 Å². The maximum absolute atomic E-state index is 13.3. The number of aliphatic hydroxyl groups excluding tert-OH is 1. The van der Waals surface area contributed by atoms with Crippen molar-refractivity contribution in [3.05, 3.63) is 70.9 Å². The number of halogens is 2. The molecule has 0 spiro atoms. The second-order valence-electron chi connectivity index (χ2n) is 9.72. The van der Waals surface area contributed by atoms with Gasteiger partial charge in [0.15, 0.2) is 5.82 Å². The number of fused-ring (bicyclic) bond motifs is 8. The van der Waals surface area contributed by atoms with Gasteiger partial charge in [0.25, 0.3) is 0 Å². The minimum absolute atomic E-state index is 0.0596. The van der Waals surface area contributed by atoms with Crippen LogP contribution in [0.2, 0.25) is 0 Å². The molecule has 8 nitrogen and oxygen atoms in total. The Morgan fingerprint density at radius 3 is 2.62 bits per heavy atom. The lowest BCUT2D eigenvalue weighted by atomic mass is 10.1. The fraction of sp³-hybridized carbons (Fsp3) is 0.296. The summed E-state index contributed by atoms with van der Waals surface area (Å²) < 4.78 is 33.6. The summed E-state index contributed by atoms with van der Waals surface area (Å²) in [5, 5.41) is 21.2. The SMILES string of the molecule is CC(C)(O)c1ncc(-c2ccc3nc4n(c3c2)C2=c3c(OC(F)F)cccc3=CN(CCO)[C@@H]4C2)cn1. The van der Waals surface area contributed by atoms with Crippen LogP contribution in [0.3, 0.4) is 0 Å². The van der Waals surface area contributed by atoms with Crippen LogP contribution in [-0.2, 0) is 5.60 Å². The Labute approximate surface area is 210 Å². The summed E-state index contributed by atoms with van der Waals surface area (Å²) in [6.45, 7) is 0.608. The maximum Gasteiger partial charge on any atom is 0.387 e. The highest BCUT2D eigenvalue weighted by molar-refractivity contribution is 5.86. The molecule has 0 fully saturated rings. The van der Waals surface area contributed by atoms with Gasteiger partial charge in [-0.1, -0.05) is 18.2 Å². The molecule has 2 aromatic heterocycles. The number of β-amino-alcohol motifs (C(OH)–C–C–N with tert-alkyl or cyclic N) is 1. The zero-order chi connectivity index (χ0) is 25.9. The fourth-order valence-electron chi connectivity index (χ4n) is 5.18. The number of alkyl halides is 2. The molecule has 0 saturated heterocycles. The van der Waals surface area contributed by atoms with Crippen LogP contribution >= 0.6 is 0 Å². The van der Waals surface area contributed by atoms with E-state index in [4.69, 9.17) is 9.72 Å². The summed E-state index contributed by atoms with van der Waals surface area (Å²) >= 11 is 0. The number of hydrogen-bond donors (Lipinski definition) is 2. The topological polar surface area (TPSA) is 96.5 Å². The van der Waals surface area contributed by atoms with Gasteiger partial charge in [-0.2, -0.15) is 8.78 Å². The van der Waals surface area contributed by atoms with Gasteiger partial charge in [-0.3, -0.25) is 4.57 Å². The normalized spacial score (nSPS) is 16.6. The predicted octanol–water partition coefficient (Wildman–Crippen LogP) is 2.47. The van der Waals surface area contributed by atoms with Crippen molar-refractivity contribution in [2.75, 3.05) is 13.2 Å². The van der Waals surface area contributed by atoms with Gasteiger partial charge < -0.3 is 19.8 Å². The Balaban J connectivity index is 1.59. The van der Waals surface area contributed by atoms with Gasteiger partial charge >= 0.3 is 6.61 Å². The Morgan fingerprint density at radius 1 is 1.14 bits per heavy atom. The first kappa shape index (κ1) is 23.5. The molecule has 0 aliphatic carbocycles. The number of rotatable bonds is 6. The molecule has 2 aliphatic heterocycles. The van der Waals surface area contributed by atoms with E-state index < -0.39 is 12.2 Å². The number of aliphatic hydroxyl groups is 2. The molecule has 1 atom stereocenters. The van der Waals surface area contributed by atoms with E-state index in [-0.39, 0.29) is 18.4 Å². The third-order valence-corrected chi connectivity index (χ3v) is 6.79. The second kappa shape index (κ2) is 8.60. The van der Waals surface area contributed by atoms with Crippen molar-refractivity contribution in [1.82, 2.24) is 24.4 Å². The van der Waals surface area contributed by atoms with E-state index in [1.807, 2.05) is 39.9 Å². The number of nitrogens with zero attached hydrogens (tertiary/aromatic N) is 5. The van der Waals surface area contributed by atoms with Gasteiger partial charge in [0.1, 0.15) is 17.2 Å². The van der Waals surface area contributed by atoms with E-state index in [0.717, 1.165) is 38.9 Å². The molecule has 4 heterocycles. The van der Waals surface area contributed by atoms with Crippen LogP contribution < -0.4 is 15.2 Å². The number of aromatic nitrogens is 4. The maximum atomic E-state index is 13.3. The van der Waals surface area contributed by atoms with Crippen molar-refractivity contribution in [2.24, 2.45) is 0 Å². The molecule has 190 valence electrons. The first-order valence-corrected chi connectivity index (χ1v) is 12.0. The van der Waals surface area contributed by atoms with Gasteiger partial charge in [-0.05, 0) is 37.6 Å². The standard InChI is InChI=1S/C27H25F2N5O3/c1-27(2,36)25-30-12-17(13-31-25)15-6-7-18-19(10-15)34-20-11-21(24(34)32-18)33(8-9-35)14-16-4-3-5-22(23(16)20)37-26(28)29/h3-7,10,12-14,21,26,35-36H,8-9,11H2,1-2H3/t21-/m1/s1. The van der Waals surface area contributed by atoms with Crippen molar-refractivity contribution >= 4 is 22.9 Å². The van der Waals surface area contributed by atoms with E-state index in [1.54, 1.807) is 38.4 Å². The van der Waals surface area contributed by atoms with Crippen LogP contribution in [0.25, 0.3) is 34.1 Å².